The van der Waals surface area contributed by atoms with Crippen LogP contribution in [0.5, 0.6) is 0 Å². The van der Waals surface area contributed by atoms with Crippen molar-refractivity contribution in [2.45, 2.75) is 24.3 Å². The molecule has 8 nitrogen and oxygen atoms in total. The molecule has 1 aliphatic rings. The molecule has 26 heavy (non-hydrogen) atoms. The van der Waals surface area contributed by atoms with Gasteiger partial charge in [-0.05, 0) is 31.0 Å². The Morgan fingerprint density at radius 3 is 3.00 bits per heavy atom. The van der Waals surface area contributed by atoms with E-state index >= 15 is 0 Å². The second kappa shape index (κ2) is 7.68. The van der Waals surface area contributed by atoms with E-state index in [4.69, 9.17) is 9.78 Å². The standard InChI is InChI=1S/C17H18N4O4S/c18-10-13-3-2-7-21(12-13)26(23,24)16-5-1-4-14(9-16)17(22)19-11-15-6-8-25-20-15/h1,4-6,8-9,13H,2-3,7,11-12H2,(H,19,22). The maximum atomic E-state index is 12.8. The van der Waals surface area contributed by atoms with Crippen LogP contribution in [0.4, 0.5) is 0 Å². The molecule has 1 amide bonds. The van der Waals surface area contributed by atoms with Crippen molar-refractivity contribution in [2.24, 2.45) is 5.92 Å². The van der Waals surface area contributed by atoms with E-state index < -0.39 is 15.9 Å². The van der Waals surface area contributed by atoms with Crippen molar-refractivity contribution in [3.05, 3.63) is 47.9 Å². The fraction of sp³-hybridized carbons (Fsp3) is 0.353. The summed E-state index contributed by atoms with van der Waals surface area (Å²) >= 11 is 0. The summed E-state index contributed by atoms with van der Waals surface area (Å²) in [6.45, 7) is 0.743. The summed E-state index contributed by atoms with van der Waals surface area (Å²) in [7, 11) is -3.74. The van der Waals surface area contributed by atoms with Crippen LogP contribution >= 0.6 is 0 Å². The molecule has 136 valence electrons. The van der Waals surface area contributed by atoms with Crippen molar-refractivity contribution in [3.63, 3.8) is 0 Å². The van der Waals surface area contributed by atoms with Crippen LogP contribution in [0.1, 0.15) is 28.9 Å². The van der Waals surface area contributed by atoms with Gasteiger partial charge < -0.3 is 9.84 Å². The quantitative estimate of drug-likeness (QED) is 0.848. The molecule has 0 aliphatic carbocycles. The van der Waals surface area contributed by atoms with Crippen LogP contribution in [-0.4, -0.2) is 36.9 Å². The average Bonchev–Trinajstić information content (AvgIpc) is 3.20. The Labute approximate surface area is 151 Å². The number of nitrogens with one attached hydrogen (secondary N) is 1. The van der Waals surface area contributed by atoms with E-state index in [2.05, 4.69) is 16.5 Å². The molecule has 2 heterocycles. The maximum Gasteiger partial charge on any atom is 0.251 e. The summed E-state index contributed by atoms with van der Waals surface area (Å²) in [5, 5.41) is 15.4. The van der Waals surface area contributed by atoms with Gasteiger partial charge in [-0.3, -0.25) is 4.79 Å². The van der Waals surface area contributed by atoms with Crippen LogP contribution in [0.15, 0.2) is 46.0 Å². The van der Waals surface area contributed by atoms with Crippen molar-refractivity contribution in [2.75, 3.05) is 13.1 Å². The summed E-state index contributed by atoms with van der Waals surface area (Å²) in [4.78, 5) is 12.3. The largest absolute Gasteiger partial charge is 0.364 e. The van der Waals surface area contributed by atoms with E-state index in [1.165, 1.54) is 28.8 Å². The SMILES string of the molecule is N#CC1CCCN(S(=O)(=O)c2cccc(C(=O)NCc3ccon3)c2)C1. The predicted molar refractivity (Wildman–Crippen MR) is 91.2 cm³/mol. The number of aromatic nitrogens is 1. The van der Waals surface area contributed by atoms with Gasteiger partial charge in [-0.15, -0.1) is 0 Å². The molecule has 1 unspecified atom stereocenters. The maximum absolute atomic E-state index is 12.8. The predicted octanol–water partition coefficient (Wildman–Crippen LogP) is 1.53. The van der Waals surface area contributed by atoms with Crippen molar-refractivity contribution in [1.29, 1.82) is 5.26 Å². The highest BCUT2D eigenvalue weighted by Crippen LogP contribution is 2.24. The average molecular weight is 374 g/mol. The van der Waals surface area contributed by atoms with Gasteiger partial charge in [0.25, 0.3) is 5.91 Å². The van der Waals surface area contributed by atoms with E-state index in [1.54, 1.807) is 12.1 Å². The molecule has 1 aromatic carbocycles. The number of nitriles is 1. The van der Waals surface area contributed by atoms with Crippen LogP contribution in [0, 0.1) is 17.2 Å². The zero-order chi connectivity index (χ0) is 18.6. The lowest BCUT2D eigenvalue weighted by atomic mass is 10.0. The Bertz CT molecular complexity index is 918. The summed E-state index contributed by atoms with van der Waals surface area (Å²) in [5.74, 6) is -0.703. The van der Waals surface area contributed by atoms with Gasteiger partial charge in [0.2, 0.25) is 10.0 Å². The third kappa shape index (κ3) is 3.92. The zero-order valence-corrected chi connectivity index (χ0v) is 14.8. The first-order valence-corrected chi connectivity index (χ1v) is 9.62. The molecule has 2 aromatic rings. The summed E-state index contributed by atoms with van der Waals surface area (Å²) < 4.78 is 31.7. The molecular weight excluding hydrogens is 356 g/mol. The van der Waals surface area contributed by atoms with E-state index in [0.29, 0.717) is 25.1 Å². The van der Waals surface area contributed by atoms with E-state index in [1.807, 2.05) is 0 Å². The van der Waals surface area contributed by atoms with Crippen LogP contribution in [0.2, 0.25) is 0 Å². The minimum Gasteiger partial charge on any atom is -0.364 e. The second-order valence-corrected chi connectivity index (χ2v) is 7.97. The first-order chi connectivity index (χ1) is 12.5. The molecule has 1 atom stereocenters. The van der Waals surface area contributed by atoms with Gasteiger partial charge >= 0.3 is 0 Å². The fourth-order valence-electron chi connectivity index (χ4n) is 2.81. The normalized spacial score (nSPS) is 18.2. The number of nitrogens with zero attached hydrogens (tertiary/aromatic N) is 3. The van der Waals surface area contributed by atoms with Gasteiger partial charge in [-0.25, -0.2) is 8.42 Å². The van der Waals surface area contributed by atoms with Crippen molar-refractivity contribution < 1.29 is 17.7 Å². The molecular formula is C17H18N4O4S. The number of piperidine rings is 1. The van der Waals surface area contributed by atoms with Crippen LogP contribution in [0.3, 0.4) is 0 Å². The molecule has 0 bridgehead atoms. The monoisotopic (exact) mass is 374 g/mol. The number of carbonyl (C=O) groups excluding carboxylic acids is 1. The molecule has 1 N–H and O–H groups in total. The van der Waals surface area contributed by atoms with Gasteiger partial charge in [-0.1, -0.05) is 11.2 Å². The Morgan fingerprint density at radius 1 is 1.42 bits per heavy atom. The lowest BCUT2D eigenvalue weighted by Gasteiger charge is -2.28. The first-order valence-electron chi connectivity index (χ1n) is 8.18. The number of benzene rings is 1. The number of carbonyl (C=O) groups is 1. The topological polar surface area (TPSA) is 116 Å². The smallest absolute Gasteiger partial charge is 0.251 e. The minimum atomic E-state index is -3.74. The Hall–Kier alpha value is -2.70. The number of hydrogen-bond donors (Lipinski definition) is 1. The molecule has 1 saturated heterocycles. The molecule has 3 rings (SSSR count). The highest BCUT2D eigenvalue weighted by Gasteiger charge is 2.30. The number of hydrogen-bond acceptors (Lipinski definition) is 6. The summed E-state index contributed by atoms with van der Waals surface area (Å²) in [6, 6.07) is 9.65. The summed E-state index contributed by atoms with van der Waals surface area (Å²) in [6.07, 6.45) is 2.75. The first kappa shape index (κ1) is 18.1. The zero-order valence-electron chi connectivity index (χ0n) is 14.0. The number of amides is 1. The van der Waals surface area contributed by atoms with Crippen LogP contribution < -0.4 is 5.32 Å². The van der Waals surface area contributed by atoms with E-state index in [-0.39, 0.29) is 29.5 Å². The van der Waals surface area contributed by atoms with Gasteiger partial charge in [0.15, 0.2) is 0 Å². The fourth-order valence-corrected chi connectivity index (χ4v) is 4.38. The van der Waals surface area contributed by atoms with Crippen LogP contribution in [0.25, 0.3) is 0 Å². The Balaban J connectivity index is 1.75. The third-order valence-electron chi connectivity index (χ3n) is 4.22. The molecule has 0 saturated carbocycles. The molecule has 1 aromatic heterocycles. The number of rotatable bonds is 5. The summed E-state index contributed by atoms with van der Waals surface area (Å²) in [5.41, 5.74) is 0.807. The molecule has 1 fully saturated rings. The molecule has 1 aliphatic heterocycles. The van der Waals surface area contributed by atoms with Gasteiger partial charge in [0, 0.05) is 24.7 Å². The highest BCUT2D eigenvalue weighted by molar-refractivity contribution is 7.89. The lowest BCUT2D eigenvalue weighted by Crippen LogP contribution is -2.39. The van der Waals surface area contributed by atoms with Crippen LogP contribution in [-0.2, 0) is 16.6 Å². The van der Waals surface area contributed by atoms with Crippen molar-refractivity contribution in [3.8, 4) is 6.07 Å². The lowest BCUT2D eigenvalue weighted by molar-refractivity contribution is 0.0950. The molecule has 9 heteroatoms. The van der Waals surface area contributed by atoms with Gasteiger partial charge in [-0.2, -0.15) is 9.57 Å². The highest BCUT2D eigenvalue weighted by atomic mass is 32.2. The van der Waals surface area contributed by atoms with Gasteiger partial charge in [0.05, 0.1) is 23.4 Å². The number of sulfonamides is 1. The van der Waals surface area contributed by atoms with Crippen molar-refractivity contribution >= 4 is 15.9 Å². The van der Waals surface area contributed by atoms with E-state index in [0.717, 1.165) is 0 Å². The van der Waals surface area contributed by atoms with Crippen molar-refractivity contribution in [1.82, 2.24) is 14.8 Å². The Kier molecular flexibility index (Phi) is 5.35. The third-order valence-corrected chi connectivity index (χ3v) is 6.08. The minimum absolute atomic E-state index is 0.0465. The second-order valence-electron chi connectivity index (χ2n) is 6.03. The Morgan fingerprint density at radius 2 is 2.27 bits per heavy atom. The molecule has 0 spiro atoms. The molecule has 0 radical (unpaired) electrons. The van der Waals surface area contributed by atoms with Gasteiger partial charge in [0.1, 0.15) is 12.0 Å². The van der Waals surface area contributed by atoms with E-state index in [9.17, 15) is 13.2 Å².